The van der Waals surface area contributed by atoms with Gasteiger partial charge in [0.05, 0.1) is 18.8 Å². The van der Waals surface area contributed by atoms with Gasteiger partial charge in [0.2, 0.25) is 5.91 Å². The Morgan fingerprint density at radius 3 is 2.71 bits per heavy atom. The van der Waals surface area contributed by atoms with Crippen molar-refractivity contribution in [2.75, 3.05) is 11.9 Å². The van der Waals surface area contributed by atoms with Crippen LogP contribution in [0.2, 0.25) is 0 Å². The van der Waals surface area contributed by atoms with Gasteiger partial charge >= 0.3 is 0 Å². The number of nitrogens with zero attached hydrogens (tertiary/aromatic N) is 2. The minimum atomic E-state index is 0.0691. The molecule has 0 saturated heterocycles. The van der Waals surface area contributed by atoms with Crippen LogP contribution < -0.4 is 10.1 Å². The number of carbonyl (C=O) groups excluding carboxylic acids is 1. The Morgan fingerprint density at radius 1 is 1.25 bits per heavy atom. The van der Waals surface area contributed by atoms with Crippen LogP contribution in [0.5, 0.6) is 5.75 Å². The van der Waals surface area contributed by atoms with Gasteiger partial charge in [-0.05, 0) is 37.5 Å². The molecule has 1 amide bonds. The Morgan fingerprint density at radius 2 is 2.00 bits per heavy atom. The lowest BCUT2D eigenvalue weighted by Crippen LogP contribution is -2.25. The van der Waals surface area contributed by atoms with Crippen LogP contribution in [0, 0.1) is 0 Å². The third kappa shape index (κ3) is 2.68. The average molecular weight is 325 g/mol. The fourth-order valence-electron chi connectivity index (χ4n) is 3.92. The lowest BCUT2D eigenvalue weighted by Gasteiger charge is -2.25. The average Bonchev–Trinajstić information content (AvgIpc) is 3.24. The Balaban J connectivity index is 1.67. The number of carbonyl (C=O) groups is 1. The molecule has 1 aliphatic carbocycles. The lowest BCUT2D eigenvalue weighted by molar-refractivity contribution is -0.116. The van der Waals surface area contributed by atoms with E-state index >= 15 is 0 Å². The van der Waals surface area contributed by atoms with Crippen molar-refractivity contribution in [1.82, 2.24) is 9.78 Å². The number of nitrogens with one attached hydrogen (secondary N) is 1. The number of ether oxygens (including phenoxy) is 1. The van der Waals surface area contributed by atoms with E-state index in [1.165, 1.54) is 12.8 Å². The Bertz CT molecular complexity index is 730. The third-order valence-corrected chi connectivity index (χ3v) is 5.11. The highest BCUT2D eigenvalue weighted by Gasteiger charge is 2.32. The number of anilines is 1. The molecule has 2 aliphatic rings. The van der Waals surface area contributed by atoms with Crippen molar-refractivity contribution in [3.63, 3.8) is 0 Å². The van der Waals surface area contributed by atoms with Crippen molar-refractivity contribution < 1.29 is 9.53 Å². The minimum absolute atomic E-state index is 0.0691. The molecule has 5 heteroatoms. The maximum Gasteiger partial charge on any atom is 0.226 e. The van der Waals surface area contributed by atoms with Crippen molar-refractivity contribution in [1.29, 1.82) is 0 Å². The van der Waals surface area contributed by atoms with E-state index in [-0.39, 0.29) is 11.8 Å². The number of rotatable bonds is 4. The third-order valence-electron chi connectivity index (χ3n) is 5.11. The number of hydrogen-bond acceptors (Lipinski definition) is 3. The summed E-state index contributed by atoms with van der Waals surface area (Å²) in [5, 5.41) is 7.67. The number of amides is 1. The summed E-state index contributed by atoms with van der Waals surface area (Å²) in [5.74, 6) is 1.90. The van der Waals surface area contributed by atoms with Gasteiger partial charge in [-0.3, -0.25) is 4.79 Å². The van der Waals surface area contributed by atoms with Crippen molar-refractivity contribution in [3.05, 3.63) is 41.6 Å². The fraction of sp³-hybridized carbons (Fsp3) is 0.474. The molecule has 1 atom stereocenters. The molecule has 5 nitrogen and oxygen atoms in total. The molecule has 1 N–H and O–H groups in total. The van der Waals surface area contributed by atoms with Crippen LogP contribution in [0.1, 0.15) is 62.1 Å². The van der Waals surface area contributed by atoms with E-state index in [4.69, 9.17) is 4.74 Å². The predicted molar refractivity (Wildman–Crippen MR) is 92.4 cm³/mol. The number of benzene rings is 1. The SMILES string of the molecule is CCOc1ccc([C@H]2CC(=O)Nc3c2cnn3C2CCCC2)cc1. The summed E-state index contributed by atoms with van der Waals surface area (Å²) in [6.45, 7) is 2.63. The molecular formula is C19H23N3O2. The summed E-state index contributed by atoms with van der Waals surface area (Å²) >= 11 is 0. The maximum absolute atomic E-state index is 12.3. The monoisotopic (exact) mass is 325 g/mol. The van der Waals surface area contributed by atoms with Crippen LogP contribution in [-0.2, 0) is 4.79 Å². The summed E-state index contributed by atoms with van der Waals surface area (Å²) < 4.78 is 7.56. The van der Waals surface area contributed by atoms with Gasteiger partial charge < -0.3 is 10.1 Å². The normalized spacial score (nSPS) is 20.7. The zero-order valence-electron chi connectivity index (χ0n) is 14.0. The number of hydrogen-bond donors (Lipinski definition) is 1. The van der Waals surface area contributed by atoms with Crippen LogP contribution in [0.15, 0.2) is 30.5 Å². The topological polar surface area (TPSA) is 56.1 Å². The van der Waals surface area contributed by atoms with E-state index in [9.17, 15) is 4.79 Å². The molecule has 4 rings (SSSR count). The van der Waals surface area contributed by atoms with Crippen molar-refractivity contribution in [2.24, 2.45) is 0 Å². The van der Waals surface area contributed by atoms with Gasteiger partial charge in [-0.1, -0.05) is 25.0 Å². The summed E-state index contributed by atoms with van der Waals surface area (Å²) in [7, 11) is 0. The first kappa shape index (κ1) is 15.2. The molecule has 0 unspecified atom stereocenters. The van der Waals surface area contributed by atoms with Gasteiger partial charge in [-0.25, -0.2) is 4.68 Å². The molecule has 0 spiro atoms. The van der Waals surface area contributed by atoms with Crippen molar-refractivity contribution >= 4 is 11.7 Å². The molecule has 1 aromatic heterocycles. The smallest absolute Gasteiger partial charge is 0.226 e. The van der Waals surface area contributed by atoms with E-state index in [1.54, 1.807) is 0 Å². The van der Waals surface area contributed by atoms with E-state index < -0.39 is 0 Å². The highest BCUT2D eigenvalue weighted by atomic mass is 16.5. The molecule has 0 radical (unpaired) electrons. The maximum atomic E-state index is 12.3. The molecule has 24 heavy (non-hydrogen) atoms. The van der Waals surface area contributed by atoms with Crippen LogP contribution in [0.4, 0.5) is 5.82 Å². The zero-order valence-corrected chi connectivity index (χ0v) is 14.0. The number of fused-ring (bicyclic) bond motifs is 1. The molecule has 1 aliphatic heterocycles. The molecular weight excluding hydrogens is 302 g/mol. The molecule has 126 valence electrons. The lowest BCUT2D eigenvalue weighted by atomic mass is 9.87. The zero-order chi connectivity index (χ0) is 16.5. The Labute approximate surface area is 142 Å². The van der Waals surface area contributed by atoms with Crippen LogP contribution in [-0.4, -0.2) is 22.3 Å². The quantitative estimate of drug-likeness (QED) is 0.928. The molecule has 1 saturated carbocycles. The molecule has 1 fully saturated rings. The molecule has 0 bridgehead atoms. The first-order valence-electron chi connectivity index (χ1n) is 8.86. The van der Waals surface area contributed by atoms with Gasteiger partial charge in [0.15, 0.2) is 0 Å². The first-order chi connectivity index (χ1) is 11.8. The van der Waals surface area contributed by atoms with Gasteiger partial charge in [0, 0.05) is 17.9 Å². The van der Waals surface area contributed by atoms with Crippen LogP contribution in [0.3, 0.4) is 0 Å². The molecule has 2 heterocycles. The Kier molecular flexibility index (Phi) is 4.00. The standard InChI is InChI=1S/C19H23N3O2/c1-2-24-15-9-7-13(8-10-15)16-11-18(23)21-19-17(16)12-20-22(19)14-5-3-4-6-14/h7-10,12,14,16H,2-6,11H2,1H3,(H,21,23)/t16-/m1/s1. The van der Waals surface area contributed by atoms with Crippen molar-refractivity contribution in [3.8, 4) is 5.75 Å². The van der Waals surface area contributed by atoms with Crippen LogP contribution in [0.25, 0.3) is 0 Å². The van der Waals surface area contributed by atoms with Gasteiger partial charge in [-0.2, -0.15) is 5.10 Å². The van der Waals surface area contributed by atoms with E-state index in [0.717, 1.165) is 35.5 Å². The fourth-order valence-corrected chi connectivity index (χ4v) is 3.92. The first-order valence-corrected chi connectivity index (χ1v) is 8.86. The van der Waals surface area contributed by atoms with Gasteiger partial charge in [-0.15, -0.1) is 0 Å². The summed E-state index contributed by atoms with van der Waals surface area (Å²) in [6, 6.07) is 8.50. The van der Waals surface area contributed by atoms with Gasteiger partial charge in [0.1, 0.15) is 11.6 Å². The van der Waals surface area contributed by atoms with E-state index in [1.807, 2.05) is 29.9 Å². The van der Waals surface area contributed by atoms with Crippen molar-refractivity contribution in [2.45, 2.75) is 51.0 Å². The molecule has 1 aromatic carbocycles. The summed E-state index contributed by atoms with van der Waals surface area (Å²) in [5.41, 5.74) is 2.27. The van der Waals surface area contributed by atoms with Crippen LogP contribution >= 0.6 is 0 Å². The second-order valence-corrected chi connectivity index (χ2v) is 6.64. The predicted octanol–water partition coefficient (Wildman–Crippen LogP) is 3.87. The largest absolute Gasteiger partial charge is 0.494 e. The Hall–Kier alpha value is -2.30. The highest BCUT2D eigenvalue weighted by molar-refractivity contribution is 5.94. The highest BCUT2D eigenvalue weighted by Crippen LogP contribution is 2.40. The summed E-state index contributed by atoms with van der Waals surface area (Å²) in [4.78, 5) is 12.3. The van der Waals surface area contributed by atoms with E-state index in [2.05, 4.69) is 22.5 Å². The van der Waals surface area contributed by atoms with Gasteiger partial charge in [0.25, 0.3) is 0 Å². The second kappa shape index (κ2) is 6.30. The van der Waals surface area contributed by atoms with E-state index in [0.29, 0.717) is 19.1 Å². The number of aromatic nitrogens is 2. The minimum Gasteiger partial charge on any atom is -0.494 e. The second-order valence-electron chi connectivity index (χ2n) is 6.64. The summed E-state index contributed by atoms with van der Waals surface area (Å²) in [6.07, 6.45) is 7.20. The molecule has 2 aromatic rings.